The van der Waals surface area contributed by atoms with Crippen molar-refractivity contribution in [3.63, 3.8) is 0 Å². The molecule has 3 aromatic rings. The molecule has 1 aliphatic rings. The summed E-state index contributed by atoms with van der Waals surface area (Å²) >= 11 is 1.35. The van der Waals surface area contributed by atoms with Crippen molar-refractivity contribution in [2.45, 2.75) is 51.3 Å². The normalized spacial score (nSPS) is 19.7. The summed E-state index contributed by atoms with van der Waals surface area (Å²) in [6.07, 6.45) is -0.372. The van der Waals surface area contributed by atoms with Crippen molar-refractivity contribution in [1.29, 1.82) is 0 Å². The number of nitrogens with one attached hydrogen (secondary N) is 1. The summed E-state index contributed by atoms with van der Waals surface area (Å²) in [6.45, 7) is 8.29. The molecule has 0 spiro atoms. The van der Waals surface area contributed by atoms with Crippen LogP contribution in [0.4, 0.5) is 5.69 Å². The van der Waals surface area contributed by atoms with Gasteiger partial charge in [0.2, 0.25) is 15.9 Å². The fraction of sp³-hybridized carbons (Fsp3) is 0.375. The van der Waals surface area contributed by atoms with Crippen molar-refractivity contribution >= 4 is 49.1 Å². The van der Waals surface area contributed by atoms with Gasteiger partial charge in [-0.3, -0.25) is 9.59 Å². The summed E-state index contributed by atoms with van der Waals surface area (Å²) in [6, 6.07) is 11.4. The number of hydrogen-bond donors (Lipinski definition) is 1. The van der Waals surface area contributed by atoms with Crippen LogP contribution in [-0.4, -0.2) is 54.4 Å². The number of amides is 2. The number of ether oxygens (including phenoxy) is 1. The minimum Gasteiger partial charge on any atom is -0.373 e. The van der Waals surface area contributed by atoms with Gasteiger partial charge in [0.1, 0.15) is 0 Å². The van der Waals surface area contributed by atoms with Crippen LogP contribution in [0.3, 0.4) is 0 Å². The van der Waals surface area contributed by atoms with Crippen LogP contribution in [-0.2, 0) is 26.1 Å². The lowest BCUT2D eigenvalue weighted by atomic mass is 10.2. The van der Waals surface area contributed by atoms with Gasteiger partial charge in [-0.15, -0.1) is 0 Å². The van der Waals surface area contributed by atoms with Crippen molar-refractivity contribution in [3.8, 4) is 0 Å². The van der Waals surface area contributed by atoms with E-state index in [0.29, 0.717) is 22.6 Å². The molecule has 2 unspecified atom stereocenters. The highest BCUT2D eigenvalue weighted by molar-refractivity contribution is 7.89. The van der Waals surface area contributed by atoms with E-state index in [2.05, 4.69) is 10.3 Å². The van der Waals surface area contributed by atoms with Gasteiger partial charge in [0.15, 0.2) is 4.80 Å². The summed E-state index contributed by atoms with van der Waals surface area (Å²) in [7, 11) is -3.69. The van der Waals surface area contributed by atoms with Gasteiger partial charge >= 0.3 is 0 Å². The van der Waals surface area contributed by atoms with E-state index in [-0.39, 0.29) is 36.1 Å². The Balaban J connectivity index is 1.61. The predicted octanol–water partition coefficient (Wildman–Crippen LogP) is 3.22. The Hall–Kier alpha value is -2.86. The van der Waals surface area contributed by atoms with Crippen LogP contribution in [0.5, 0.6) is 0 Å². The van der Waals surface area contributed by atoms with E-state index >= 15 is 0 Å². The highest BCUT2D eigenvalue weighted by Gasteiger charge is 2.32. The van der Waals surface area contributed by atoms with Gasteiger partial charge < -0.3 is 14.6 Å². The van der Waals surface area contributed by atoms with Crippen molar-refractivity contribution in [2.75, 3.05) is 18.4 Å². The summed E-state index contributed by atoms with van der Waals surface area (Å²) in [5.41, 5.74) is 1.88. The van der Waals surface area contributed by atoms with Crippen molar-refractivity contribution in [1.82, 2.24) is 8.87 Å². The number of morpholine rings is 1. The first-order valence-electron chi connectivity index (χ1n) is 11.3. The number of benzene rings is 2. The molecule has 0 saturated carbocycles. The number of nitrogens with zero attached hydrogens (tertiary/aromatic N) is 3. The molecule has 35 heavy (non-hydrogen) atoms. The zero-order valence-corrected chi connectivity index (χ0v) is 21.6. The number of aromatic nitrogens is 1. The fourth-order valence-corrected chi connectivity index (χ4v) is 6.86. The lowest BCUT2D eigenvalue weighted by Gasteiger charge is -2.34. The maximum absolute atomic E-state index is 13.1. The lowest BCUT2D eigenvalue weighted by Crippen LogP contribution is -2.48. The maximum Gasteiger partial charge on any atom is 0.279 e. The maximum atomic E-state index is 13.1. The molecule has 1 aromatic heterocycles. The highest BCUT2D eigenvalue weighted by atomic mass is 32.2. The molecule has 9 nitrogen and oxygen atoms in total. The first-order chi connectivity index (χ1) is 16.6. The molecule has 0 aliphatic carbocycles. The number of carbonyl (C=O) groups excluding carboxylic acids is 2. The molecular formula is C24H28N4O5S2. The Kier molecular flexibility index (Phi) is 7.22. The third kappa shape index (κ3) is 5.37. The van der Waals surface area contributed by atoms with Crippen LogP contribution in [0.15, 0.2) is 52.4 Å². The molecule has 1 aliphatic heterocycles. The van der Waals surface area contributed by atoms with Crippen molar-refractivity contribution in [3.05, 3.63) is 52.8 Å². The van der Waals surface area contributed by atoms with E-state index in [1.165, 1.54) is 46.8 Å². The van der Waals surface area contributed by atoms with E-state index in [1.54, 1.807) is 0 Å². The minimum atomic E-state index is -3.69. The number of hydrogen-bond acceptors (Lipinski definition) is 6. The summed E-state index contributed by atoms with van der Waals surface area (Å²) < 4.78 is 36.0. The second-order valence-electron chi connectivity index (χ2n) is 8.51. The third-order valence-corrected chi connectivity index (χ3v) is 8.53. The van der Waals surface area contributed by atoms with Gasteiger partial charge in [-0.1, -0.05) is 11.3 Å². The average Bonchev–Trinajstić information content (AvgIpc) is 3.14. The molecule has 1 saturated heterocycles. The van der Waals surface area contributed by atoms with Crippen LogP contribution < -0.4 is 10.1 Å². The molecule has 1 N–H and O–H groups in total. The first-order valence-corrected chi connectivity index (χ1v) is 13.6. The fourth-order valence-electron chi connectivity index (χ4n) is 4.14. The smallest absolute Gasteiger partial charge is 0.279 e. The van der Waals surface area contributed by atoms with E-state index < -0.39 is 15.9 Å². The summed E-state index contributed by atoms with van der Waals surface area (Å²) in [5, 5.41) is 2.76. The molecule has 2 aromatic carbocycles. The van der Waals surface area contributed by atoms with Crippen LogP contribution in [0.25, 0.3) is 10.2 Å². The van der Waals surface area contributed by atoms with Gasteiger partial charge in [-0.2, -0.15) is 9.30 Å². The van der Waals surface area contributed by atoms with E-state index in [9.17, 15) is 18.0 Å². The first kappa shape index (κ1) is 25.2. The number of fused-ring (bicyclic) bond motifs is 1. The van der Waals surface area contributed by atoms with Crippen LogP contribution in [0, 0.1) is 0 Å². The van der Waals surface area contributed by atoms with E-state index in [0.717, 1.165) is 10.2 Å². The van der Waals surface area contributed by atoms with Crippen molar-refractivity contribution in [2.24, 2.45) is 4.99 Å². The lowest BCUT2D eigenvalue weighted by molar-refractivity contribution is -0.114. The SMILES string of the molecule is CCn1c(=NC(=O)c2ccc(S(=O)(=O)N3CC(C)OC(C)C3)cc2)sc2cc(NC(C)=O)ccc21. The number of thiazole rings is 1. The molecule has 0 radical (unpaired) electrons. The predicted molar refractivity (Wildman–Crippen MR) is 135 cm³/mol. The molecule has 4 rings (SSSR count). The zero-order valence-electron chi connectivity index (χ0n) is 20.0. The molecule has 186 valence electrons. The molecule has 11 heteroatoms. The molecule has 1 fully saturated rings. The molecule has 2 amide bonds. The summed E-state index contributed by atoms with van der Waals surface area (Å²) in [4.78, 5) is 29.2. The monoisotopic (exact) mass is 516 g/mol. The van der Waals surface area contributed by atoms with Crippen LogP contribution in [0.2, 0.25) is 0 Å². The van der Waals surface area contributed by atoms with Gasteiger partial charge in [-0.25, -0.2) is 8.42 Å². The third-order valence-electron chi connectivity index (χ3n) is 5.64. The topological polar surface area (TPSA) is 110 Å². The van der Waals surface area contributed by atoms with Crippen LogP contribution >= 0.6 is 11.3 Å². The minimum absolute atomic E-state index is 0.131. The van der Waals surface area contributed by atoms with Gasteiger partial charge in [0.05, 0.1) is 27.3 Å². The van der Waals surface area contributed by atoms with E-state index in [1.807, 2.05) is 43.5 Å². The van der Waals surface area contributed by atoms with Gasteiger partial charge in [-0.05, 0) is 63.2 Å². The van der Waals surface area contributed by atoms with Crippen LogP contribution in [0.1, 0.15) is 38.1 Å². The van der Waals surface area contributed by atoms with E-state index in [4.69, 9.17) is 4.74 Å². The molecule has 0 bridgehead atoms. The Labute approximate surface area is 208 Å². The zero-order chi connectivity index (χ0) is 25.3. The number of aryl methyl sites for hydroxylation is 1. The number of sulfonamides is 1. The average molecular weight is 517 g/mol. The quantitative estimate of drug-likeness (QED) is 0.560. The highest BCUT2D eigenvalue weighted by Crippen LogP contribution is 2.23. The standard InChI is InChI=1S/C24H28N4O5S2/c1-5-28-21-11-8-19(25-17(4)29)12-22(21)34-24(28)26-23(30)18-6-9-20(10-7-18)35(31,32)27-13-15(2)33-16(3)14-27/h6-12,15-16H,5,13-14H2,1-4H3,(H,25,29). The Morgan fingerprint density at radius 2 is 1.77 bits per heavy atom. The Bertz CT molecular complexity index is 1430. The van der Waals surface area contributed by atoms with Gasteiger partial charge in [0.25, 0.3) is 5.91 Å². The number of rotatable bonds is 5. The Morgan fingerprint density at radius 1 is 1.11 bits per heavy atom. The summed E-state index contributed by atoms with van der Waals surface area (Å²) in [5.74, 6) is -0.620. The molecular weight excluding hydrogens is 488 g/mol. The largest absolute Gasteiger partial charge is 0.373 e. The second-order valence-corrected chi connectivity index (χ2v) is 11.5. The molecule has 2 heterocycles. The molecule has 2 atom stereocenters. The number of carbonyl (C=O) groups is 2. The van der Waals surface area contributed by atoms with Gasteiger partial charge in [0, 0.05) is 37.8 Å². The number of anilines is 1. The second kappa shape index (κ2) is 10.0. The van der Waals surface area contributed by atoms with Crippen molar-refractivity contribution < 1.29 is 22.7 Å². The Morgan fingerprint density at radius 3 is 2.37 bits per heavy atom.